The highest BCUT2D eigenvalue weighted by Gasteiger charge is 2.30. The Kier molecular flexibility index (Phi) is 7.77. The lowest BCUT2D eigenvalue weighted by Gasteiger charge is -2.35. The van der Waals surface area contributed by atoms with E-state index in [1.54, 1.807) is 31.3 Å². The van der Waals surface area contributed by atoms with Crippen molar-refractivity contribution in [1.82, 2.24) is 33.8 Å². The van der Waals surface area contributed by atoms with Gasteiger partial charge in [0.1, 0.15) is 29.8 Å². The maximum Gasteiger partial charge on any atom is 0.282 e. The van der Waals surface area contributed by atoms with E-state index >= 15 is 0 Å². The summed E-state index contributed by atoms with van der Waals surface area (Å²) in [6.45, 7) is 2.01. The molecule has 0 spiro atoms. The fourth-order valence-electron chi connectivity index (χ4n) is 4.19. The van der Waals surface area contributed by atoms with Gasteiger partial charge in [0.2, 0.25) is 0 Å². The van der Waals surface area contributed by atoms with Gasteiger partial charge in [0, 0.05) is 19.2 Å². The topological polar surface area (TPSA) is 106 Å². The second kappa shape index (κ2) is 10.8. The molecule has 0 aromatic carbocycles. The van der Waals surface area contributed by atoms with Gasteiger partial charge in [0.15, 0.2) is 5.65 Å². The molecule has 2 unspecified atom stereocenters. The molecule has 188 valence electrons. The Hall–Kier alpha value is -2.90. The van der Waals surface area contributed by atoms with Crippen molar-refractivity contribution in [3.05, 3.63) is 36.4 Å². The molecule has 0 aliphatic carbocycles. The van der Waals surface area contributed by atoms with Gasteiger partial charge in [-0.25, -0.2) is 28.2 Å². The summed E-state index contributed by atoms with van der Waals surface area (Å²) in [4.78, 5) is 29.4. The van der Waals surface area contributed by atoms with Crippen LogP contribution in [0, 0.1) is 5.92 Å². The van der Waals surface area contributed by atoms with Gasteiger partial charge in [-0.15, -0.1) is 0 Å². The number of amides is 1. The monoisotopic (exact) mass is 506 g/mol. The maximum absolute atomic E-state index is 13.2. The SMILES string of the molecule is CN(C)CC(=O)N(CC1CCCN(c2cc(-c3cnc4ccc(C(F)F)nn34)ncn2)C1)[S+](C)[O-]. The van der Waals surface area contributed by atoms with Gasteiger partial charge in [-0.05, 0) is 45.0 Å². The van der Waals surface area contributed by atoms with Crippen LogP contribution in [0.2, 0.25) is 0 Å². The lowest BCUT2D eigenvalue weighted by molar-refractivity contribution is -0.127. The standard InChI is InChI=1S/C22H28F2N8O2S/c1-29(2)13-21(33)31(35(3)34)12-15-5-4-8-30(11-15)20-9-17(26-14-27-20)18-10-25-19-7-6-16(22(23)24)28-32(18)19/h6-7,9-10,14-15,22H,4-5,8,11-13H2,1-3H3. The number of alkyl halides is 2. The smallest absolute Gasteiger partial charge is 0.282 e. The highest BCUT2D eigenvalue weighted by atomic mass is 32.2. The number of halogens is 2. The first-order valence-corrected chi connectivity index (χ1v) is 12.7. The minimum atomic E-state index is -2.69. The first-order valence-electron chi connectivity index (χ1n) is 11.2. The largest absolute Gasteiger partial charge is 0.593 e. The Morgan fingerprint density at radius 3 is 2.80 bits per heavy atom. The lowest BCUT2D eigenvalue weighted by atomic mass is 9.98. The van der Waals surface area contributed by atoms with Crippen LogP contribution >= 0.6 is 0 Å². The number of imidazole rings is 1. The van der Waals surface area contributed by atoms with Crippen LogP contribution in [-0.4, -0.2) is 90.8 Å². The number of nitrogens with zero attached hydrogens (tertiary/aromatic N) is 8. The summed E-state index contributed by atoms with van der Waals surface area (Å²) >= 11 is -1.41. The molecule has 13 heteroatoms. The summed E-state index contributed by atoms with van der Waals surface area (Å²) in [5.74, 6) is 0.646. The Bertz CT molecular complexity index is 1180. The minimum absolute atomic E-state index is 0.128. The van der Waals surface area contributed by atoms with Gasteiger partial charge in [0.05, 0.1) is 36.3 Å². The van der Waals surface area contributed by atoms with Crippen molar-refractivity contribution in [2.75, 3.05) is 51.4 Å². The average molecular weight is 507 g/mol. The van der Waals surface area contributed by atoms with Crippen molar-refractivity contribution in [2.24, 2.45) is 5.92 Å². The number of aromatic nitrogens is 5. The predicted molar refractivity (Wildman–Crippen MR) is 128 cm³/mol. The number of hydrogen-bond donors (Lipinski definition) is 0. The number of rotatable bonds is 8. The van der Waals surface area contributed by atoms with Gasteiger partial charge in [0.25, 0.3) is 12.3 Å². The van der Waals surface area contributed by atoms with E-state index in [2.05, 4.69) is 25.0 Å². The molecular weight excluding hydrogens is 478 g/mol. The van der Waals surface area contributed by atoms with E-state index in [4.69, 9.17) is 0 Å². The van der Waals surface area contributed by atoms with Crippen molar-refractivity contribution in [3.8, 4) is 11.4 Å². The summed E-state index contributed by atoms with van der Waals surface area (Å²) in [7, 11) is 3.61. The fraction of sp³-hybridized carbons (Fsp3) is 0.500. The quantitative estimate of drug-likeness (QED) is 0.428. The first kappa shape index (κ1) is 25.2. The molecule has 3 aromatic rings. The van der Waals surface area contributed by atoms with Crippen molar-refractivity contribution < 1.29 is 18.1 Å². The third-order valence-corrected chi connectivity index (χ3v) is 6.80. The van der Waals surface area contributed by atoms with E-state index < -0.39 is 17.8 Å². The van der Waals surface area contributed by atoms with E-state index in [9.17, 15) is 18.1 Å². The molecule has 1 amide bonds. The Labute approximate surface area is 205 Å². The molecule has 4 rings (SSSR count). The van der Waals surface area contributed by atoms with E-state index in [0.717, 1.165) is 19.4 Å². The number of carbonyl (C=O) groups excluding carboxylic acids is 1. The van der Waals surface area contributed by atoms with Crippen LogP contribution in [0.3, 0.4) is 0 Å². The summed E-state index contributed by atoms with van der Waals surface area (Å²) < 4.78 is 41.4. The normalized spacial score (nSPS) is 17.4. The van der Waals surface area contributed by atoms with Gasteiger partial charge >= 0.3 is 0 Å². The predicted octanol–water partition coefficient (Wildman–Crippen LogP) is 2.02. The van der Waals surface area contributed by atoms with Crippen LogP contribution in [-0.2, 0) is 16.2 Å². The molecule has 1 fully saturated rings. The summed E-state index contributed by atoms with van der Waals surface area (Å²) in [6.07, 6.45) is 3.61. The van der Waals surface area contributed by atoms with Crippen molar-refractivity contribution >= 4 is 28.7 Å². The number of carbonyl (C=O) groups is 1. The summed E-state index contributed by atoms with van der Waals surface area (Å²) in [5, 5.41) is 4.01. The maximum atomic E-state index is 13.2. The van der Waals surface area contributed by atoms with Gasteiger partial charge < -0.3 is 14.4 Å². The molecule has 4 heterocycles. The summed E-state index contributed by atoms with van der Waals surface area (Å²) in [5.41, 5.74) is 1.10. The Morgan fingerprint density at radius 2 is 2.09 bits per heavy atom. The van der Waals surface area contributed by atoms with E-state index in [-0.39, 0.29) is 24.1 Å². The number of hydrogen-bond acceptors (Lipinski definition) is 8. The van der Waals surface area contributed by atoms with E-state index in [1.165, 1.54) is 33.5 Å². The Balaban J connectivity index is 1.53. The van der Waals surface area contributed by atoms with Gasteiger partial charge in [-0.3, -0.25) is 4.79 Å². The van der Waals surface area contributed by atoms with Crippen LogP contribution in [0.4, 0.5) is 14.6 Å². The zero-order valence-corrected chi connectivity index (χ0v) is 20.7. The van der Waals surface area contributed by atoms with Crippen LogP contribution < -0.4 is 4.90 Å². The molecule has 2 atom stereocenters. The molecule has 10 nitrogen and oxygen atoms in total. The number of fused-ring (bicyclic) bond motifs is 1. The Morgan fingerprint density at radius 1 is 1.29 bits per heavy atom. The minimum Gasteiger partial charge on any atom is -0.593 e. The van der Waals surface area contributed by atoms with E-state index in [1.807, 2.05) is 0 Å². The number of likely N-dealkylation sites (N-methyl/N-ethyl adjacent to an activating group) is 1. The lowest BCUT2D eigenvalue weighted by Crippen LogP contribution is -2.47. The molecule has 1 saturated heterocycles. The number of piperidine rings is 1. The second-order valence-corrected chi connectivity index (χ2v) is 10.1. The first-order chi connectivity index (χ1) is 16.7. The van der Waals surface area contributed by atoms with Crippen LogP contribution in [0.15, 0.2) is 30.7 Å². The van der Waals surface area contributed by atoms with Crippen LogP contribution in [0.1, 0.15) is 25.0 Å². The molecule has 35 heavy (non-hydrogen) atoms. The molecular formula is C22H28F2N8O2S. The summed E-state index contributed by atoms with van der Waals surface area (Å²) in [6, 6.07) is 4.54. The van der Waals surface area contributed by atoms with Gasteiger partial charge in [-0.2, -0.15) is 9.40 Å². The van der Waals surface area contributed by atoms with Crippen LogP contribution in [0.5, 0.6) is 0 Å². The molecule has 1 aliphatic rings. The fourth-order valence-corrected chi connectivity index (χ4v) is 4.96. The highest BCUT2D eigenvalue weighted by molar-refractivity contribution is 7.88. The average Bonchev–Trinajstić information content (AvgIpc) is 3.25. The van der Waals surface area contributed by atoms with Crippen LogP contribution in [0.25, 0.3) is 17.0 Å². The molecule has 0 saturated carbocycles. The van der Waals surface area contributed by atoms with Crippen molar-refractivity contribution in [1.29, 1.82) is 0 Å². The third-order valence-electron chi connectivity index (χ3n) is 5.83. The highest BCUT2D eigenvalue weighted by Crippen LogP contribution is 2.27. The zero-order chi connectivity index (χ0) is 25.1. The molecule has 0 radical (unpaired) electrons. The van der Waals surface area contributed by atoms with Gasteiger partial charge in [-0.1, -0.05) is 0 Å². The molecule has 3 aromatic heterocycles. The number of anilines is 1. The molecule has 0 bridgehead atoms. The molecule has 0 N–H and O–H groups in total. The zero-order valence-electron chi connectivity index (χ0n) is 19.8. The van der Waals surface area contributed by atoms with Crippen molar-refractivity contribution in [2.45, 2.75) is 19.3 Å². The van der Waals surface area contributed by atoms with E-state index in [0.29, 0.717) is 35.9 Å². The second-order valence-electron chi connectivity index (χ2n) is 8.80. The third kappa shape index (κ3) is 5.85. The van der Waals surface area contributed by atoms with Crippen molar-refractivity contribution in [3.63, 3.8) is 0 Å². The molecule has 1 aliphatic heterocycles.